The zero-order valence-corrected chi connectivity index (χ0v) is 11.2. The minimum Gasteiger partial charge on any atom is -0.378 e. The van der Waals surface area contributed by atoms with Crippen LogP contribution < -0.4 is 16.0 Å². The van der Waals surface area contributed by atoms with Crippen molar-refractivity contribution >= 4 is 17.8 Å². The summed E-state index contributed by atoms with van der Waals surface area (Å²) < 4.78 is 5.32. The van der Waals surface area contributed by atoms with Gasteiger partial charge in [-0.05, 0) is 18.3 Å². The van der Waals surface area contributed by atoms with Gasteiger partial charge in [-0.2, -0.15) is 15.0 Å². The molecule has 1 aliphatic carbocycles. The Morgan fingerprint density at radius 3 is 2.68 bits per heavy atom. The van der Waals surface area contributed by atoms with Crippen molar-refractivity contribution in [3.63, 3.8) is 0 Å². The summed E-state index contributed by atoms with van der Waals surface area (Å²) in [6.45, 7) is 6.13. The van der Waals surface area contributed by atoms with E-state index in [1.807, 2.05) is 0 Å². The predicted molar refractivity (Wildman–Crippen MR) is 73.1 cm³/mol. The molecule has 1 aliphatic heterocycles. The molecule has 3 N–H and O–H groups in total. The van der Waals surface area contributed by atoms with Gasteiger partial charge in [0.2, 0.25) is 17.8 Å². The second-order valence-electron chi connectivity index (χ2n) is 5.58. The van der Waals surface area contributed by atoms with Crippen molar-refractivity contribution in [2.75, 3.05) is 48.8 Å². The molecule has 0 bridgehead atoms. The molecule has 0 amide bonds. The lowest BCUT2D eigenvalue weighted by molar-refractivity contribution is 0.122. The van der Waals surface area contributed by atoms with Crippen LogP contribution in [0.5, 0.6) is 0 Å². The molecule has 2 fully saturated rings. The normalized spacial score (nSPS) is 21.2. The van der Waals surface area contributed by atoms with E-state index >= 15 is 0 Å². The zero-order valence-electron chi connectivity index (χ0n) is 11.2. The van der Waals surface area contributed by atoms with Crippen molar-refractivity contribution < 1.29 is 4.74 Å². The number of nitrogens with zero attached hydrogens (tertiary/aromatic N) is 4. The molecule has 2 aliphatic rings. The van der Waals surface area contributed by atoms with E-state index in [-0.39, 0.29) is 5.95 Å². The largest absolute Gasteiger partial charge is 0.378 e. The van der Waals surface area contributed by atoms with Crippen LogP contribution in [0.3, 0.4) is 0 Å². The smallest absolute Gasteiger partial charge is 0.232 e. The molecular formula is C12H20N6O. The van der Waals surface area contributed by atoms with Crippen LogP contribution in [0.25, 0.3) is 0 Å². The van der Waals surface area contributed by atoms with E-state index in [9.17, 15) is 0 Å². The van der Waals surface area contributed by atoms with Crippen LogP contribution in [0, 0.1) is 5.41 Å². The molecular weight excluding hydrogens is 244 g/mol. The molecule has 104 valence electrons. The fourth-order valence-electron chi connectivity index (χ4n) is 2.05. The molecule has 1 saturated carbocycles. The highest BCUT2D eigenvalue weighted by molar-refractivity contribution is 5.42. The maximum absolute atomic E-state index is 5.76. The average molecular weight is 264 g/mol. The number of morpholine rings is 1. The Morgan fingerprint density at radius 1 is 1.26 bits per heavy atom. The SMILES string of the molecule is CC1(CNc2nc(N)nc(N3CCOCC3)n2)CC1. The summed E-state index contributed by atoms with van der Waals surface area (Å²) in [6.07, 6.45) is 2.52. The van der Waals surface area contributed by atoms with Gasteiger partial charge in [0, 0.05) is 19.6 Å². The van der Waals surface area contributed by atoms with Gasteiger partial charge in [0.15, 0.2) is 0 Å². The first kappa shape index (κ1) is 12.4. The van der Waals surface area contributed by atoms with Crippen molar-refractivity contribution in [3.05, 3.63) is 0 Å². The number of hydrogen-bond acceptors (Lipinski definition) is 7. The first-order valence-corrected chi connectivity index (χ1v) is 6.73. The van der Waals surface area contributed by atoms with Crippen LogP contribution in [-0.4, -0.2) is 47.8 Å². The van der Waals surface area contributed by atoms with Gasteiger partial charge >= 0.3 is 0 Å². The minimum absolute atomic E-state index is 0.264. The van der Waals surface area contributed by atoms with E-state index in [0.29, 0.717) is 30.5 Å². The molecule has 7 heteroatoms. The van der Waals surface area contributed by atoms with E-state index in [1.165, 1.54) is 12.8 Å². The fraction of sp³-hybridized carbons (Fsp3) is 0.750. The maximum Gasteiger partial charge on any atom is 0.232 e. The Hall–Kier alpha value is -1.63. The zero-order chi connectivity index (χ0) is 13.3. The highest BCUT2D eigenvalue weighted by Gasteiger charge is 2.37. The van der Waals surface area contributed by atoms with Crippen molar-refractivity contribution in [3.8, 4) is 0 Å². The standard InChI is InChI=1S/C12H20N6O/c1-12(2-3-12)8-14-10-15-9(13)16-11(17-10)18-4-6-19-7-5-18/h2-8H2,1H3,(H3,13,14,15,16,17). The molecule has 0 atom stereocenters. The second kappa shape index (κ2) is 4.80. The lowest BCUT2D eigenvalue weighted by atomic mass is 10.1. The van der Waals surface area contributed by atoms with E-state index in [4.69, 9.17) is 10.5 Å². The Morgan fingerprint density at radius 2 is 2.00 bits per heavy atom. The quantitative estimate of drug-likeness (QED) is 0.818. The lowest BCUT2D eigenvalue weighted by Gasteiger charge is -2.26. The van der Waals surface area contributed by atoms with Crippen LogP contribution in [0.15, 0.2) is 0 Å². The van der Waals surface area contributed by atoms with Crippen molar-refractivity contribution in [1.82, 2.24) is 15.0 Å². The maximum atomic E-state index is 5.76. The molecule has 0 unspecified atom stereocenters. The summed E-state index contributed by atoms with van der Waals surface area (Å²) in [5.74, 6) is 1.47. The molecule has 0 spiro atoms. The molecule has 7 nitrogen and oxygen atoms in total. The molecule has 1 aromatic rings. The third-order valence-corrected chi connectivity index (χ3v) is 3.71. The lowest BCUT2D eigenvalue weighted by Crippen LogP contribution is -2.37. The van der Waals surface area contributed by atoms with Crippen molar-refractivity contribution in [2.24, 2.45) is 5.41 Å². The van der Waals surface area contributed by atoms with Crippen LogP contribution in [-0.2, 0) is 4.74 Å². The highest BCUT2D eigenvalue weighted by atomic mass is 16.5. The summed E-state index contributed by atoms with van der Waals surface area (Å²) in [5.41, 5.74) is 6.16. The Kier molecular flexibility index (Phi) is 3.14. The number of hydrogen-bond donors (Lipinski definition) is 2. The van der Waals surface area contributed by atoms with Gasteiger partial charge in [0.05, 0.1) is 13.2 Å². The van der Waals surface area contributed by atoms with Gasteiger partial charge in [-0.25, -0.2) is 0 Å². The van der Waals surface area contributed by atoms with E-state index in [2.05, 4.69) is 32.1 Å². The first-order valence-electron chi connectivity index (χ1n) is 6.73. The molecule has 3 rings (SSSR count). The third kappa shape index (κ3) is 3.04. The average Bonchev–Trinajstić information content (AvgIpc) is 3.16. The van der Waals surface area contributed by atoms with Gasteiger partial charge < -0.3 is 20.7 Å². The summed E-state index contributed by atoms with van der Waals surface area (Å²) in [5, 5.41) is 3.27. The van der Waals surface area contributed by atoms with Gasteiger partial charge in [-0.1, -0.05) is 6.92 Å². The highest BCUT2D eigenvalue weighted by Crippen LogP contribution is 2.44. The minimum atomic E-state index is 0.264. The second-order valence-corrected chi connectivity index (χ2v) is 5.58. The topological polar surface area (TPSA) is 89.2 Å². The van der Waals surface area contributed by atoms with Crippen LogP contribution in [0.4, 0.5) is 17.8 Å². The van der Waals surface area contributed by atoms with E-state index in [1.54, 1.807) is 0 Å². The summed E-state index contributed by atoms with van der Waals surface area (Å²) in [7, 11) is 0. The Labute approximate surface area is 112 Å². The summed E-state index contributed by atoms with van der Waals surface area (Å²) in [4.78, 5) is 14.9. The Balaban J connectivity index is 1.71. The van der Waals surface area contributed by atoms with Crippen molar-refractivity contribution in [2.45, 2.75) is 19.8 Å². The molecule has 1 saturated heterocycles. The Bertz CT molecular complexity index is 456. The van der Waals surface area contributed by atoms with Gasteiger partial charge in [-0.3, -0.25) is 0 Å². The number of ether oxygens (including phenoxy) is 1. The van der Waals surface area contributed by atoms with Crippen LogP contribution in [0.1, 0.15) is 19.8 Å². The molecule has 1 aromatic heterocycles. The monoisotopic (exact) mass is 264 g/mol. The molecule has 19 heavy (non-hydrogen) atoms. The van der Waals surface area contributed by atoms with Gasteiger partial charge in [0.25, 0.3) is 0 Å². The van der Waals surface area contributed by atoms with Crippen LogP contribution >= 0.6 is 0 Å². The molecule has 2 heterocycles. The first-order chi connectivity index (χ1) is 9.15. The fourth-order valence-corrected chi connectivity index (χ4v) is 2.05. The van der Waals surface area contributed by atoms with Gasteiger partial charge in [0.1, 0.15) is 0 Å². The molecule has 0 aromatic carbocycles. The number of aromatic nitrogens is 3. The van der Waals surface area contributed by atoms with Gasteiger partial charge in [-0.15, -0.1) is 0 Å². The van der Waals surface area contributed by atoms with E-state index in [0.717, 1.165) is 19.6 Å². The predicted octanol–water partition coefficient (Wildman–Crippen LogP) is 0.502. The number of anilines is 3. The van der Waals surface area contributed by atoms with E-state index < -0.39 is 0 Å². The summed E-state index contributed by atoms with van der Waals surface area (Å²) >= 11 is 0. The van der Waals surface area contributed by atoms with Crippen molar-refractivity contribution in [1.29, 1.82) is 0 Å². The third-order valence-electron chi connectivity index (χ3n) is 3.71. The number of nitrogens with two attached hydrogens (primary N) is 1. The number of nitrogens with one attached hydrogen (secondary N) is 1. The molecule has 0 radical (unpaired) electrons. The number of rotatable bonds is 4. The number of nitrogen functional groups attached to an aromatic ring is 1. The summed E-state index contributed by atoms with van der Waals surface area (Å²) in [6, 6.07) is 0. The van der Waals surface area contributed by atoms with Crippen LogP contribution in [0.2, 0.25) is 0 Å².